The zero-order valence-electron chi connectivity index (χ0n) is 17.1. The Hall–Kier alpha value is -3.58. The summed E-state index contributed by atoms with van der Waals surface area (Å²) < 4.78 is 29.0. The average molecular weight is 481 g/mol. The quantitative estimate of drug-likeness (QED) is 0.540. The Morgan fingerprint density at radius 1 is 1.00 bits per heavy atom. The van der Waals surface area contributed by atoms with Crippen LogP contribution in [0.25, 0.3) is 0 Å². The third-order valence-corrected chi connectivity index (χ3v) is 6.80. The van der Waals surface area contributed by atoms with Gasteiger partial charge in [0, 0.05) is 24.1 Å². The molecule has 1 fully saturated rings. The van der Waals surface area contributed by atoms with Gasteiger partial charge in [0.05, 0.1) is 17.7 Å². The summed E-state index contributed by atoms with van der Waals surface area (Å²) in [5, 5.41) is 9.75. The fraction of sp³-hybridized carbons (Fsp3) is 0.130. The first kappa shape index (κ1) is 22.6. The number of benzene rings is 2. The number of hydrogen-bond acceptors (Lipinski definition) is 6. The highest BCUT2D eigenvalue weighted by atomic mass is 35.5. The second kappa shape index (κ2) is 9.11. The van der Waals surface area contributed by atoms with Crippen molar-refractivity contribution in [1.82, 2.24) is 9.71 Å². The Labute approximate surface area is 195 Å². The molecular formula is C23H17ClN4O4S. The van der Waals surface area contributed by atoms with Gasteiger partial charge in [-0.05, 0) is 47.5 Å². The molecule has 2 aromatic carbocycles. The first-order chi connectivity index (χ1) is 15.8. The van der Waals surface area contributed by atoms with Crippen molar-refractivity contribution in [2.75, 3.05) is 4.90 Å². The third kappa shape index (κ3) is 4.78. The number of halogens is 1. The molecule has 2 amide bonds. The molecule has 1 unspecified atom stereocenters. The first-order valence-electron chi connectivity index (χ1n) is 9.88. The highest BCUT2D eigenvalue weighted by Crippen LogP contribution is 2.27. The molecule has 1 atom stereocenters. The standard InChI is InChI=1S/C23H17ClN4O4S/c24-18-6-4-16(5-7-18)23(17-3-1-2-15(12-17)13-25)27-33(31,32)19-8-9-20(26-14-19)28-21(29)10-11-22(28)30/h1-9,12,14,23,27H,10-11H2. The number of rotatable bonds is 6. The lowest BCUT2D eigenvalue weighted by Gasteiger charge is -2.20. The van der Waals surface area contributed by atoms with E-state index in [4.69, 9.17) is 11.6 Å². The van der Waals surface area contributed by atoms with Crippen LogP contribution in [0.15, 0.2) is 71.8 Å². The Morgan fingerprint density at radius 3 is 2.30 bits per heavy atom. The van der Waals surface area contributed by atoms with E-state index in [0.717, 1.165) is 11.1 Å². The number of anilines is 1. The fourth-order valence-electron chi connectivity index (χ4n) is 3.49. The van der Waals surface area contributed by atoms with Crippen molar-refractivity contribution < 1.29 is 18.0 Å². The molecule has 0 spiro atoms. The number of sulfonamides is 1. The van der Waals surface area contributed by atoms with Gasteiger partial charge in [-0.3, -0.25) is 9.59 Å². The van der Waals surface area contributed by atoms with Crippen LogP contribution < -0.4 is 9.62 Å². The Bertz CT molecular complexity index is 1350. The van der Waals surface area contributed by atoms with Crippen molar-refractivity contribution in [3.05, 3.63) is 88.6 Å². The number of carbonyl (C=O) groups is 2. The third-order valence-electron chi connectivity index (χ3n) is 5.14. The van der Waals surface area contributed by atoms with E-state index >= 15 is 0 Å². The van der Waals surface area contributed by atoms with Gasteiger partial charge in [-0.2, -0.15) is 9.98 Å². The molecule has 0 bridgehead atoms. The van der Waals surface area contributed by atoms with E-state index < -0.39 is 16.1 Å². The summed E-state index contributed by atoms with van der Waals surface area (Å²) in [5.74, 6) is -0.666. The molecule has 2 heterocycles. The largest absolute Gasteiger partial charge is 0.274 e. The van der Waals surface area contributed by atoms with Crippen LogP contribution in [-0.4, -0.2) is 25.2 Å². The zero-order chi connectivity index (χ0) is 23.6. The van der Waals surface area contributed by atoms with Crippen LogP contribution in [0.3, 0.4) is 0 Å². The molecule has 4 rings (SSSR count). The van der Waals surface area contributed by atoms with Crippen molar-refractivity contribution in [3.8, 4) is 6.07 Å². The lowest BCUT2D eigenvalue weighted by Crippen LogP contribution is -2.31. The van der Waals surface area contributed by atoms with Crippen LogP contribution in [-0.2, 0) is 19.6 Å². The number of pyridine rings is 1. The topological polar surface area (TPSA) is 120 Å². The molecule has 1 saturated heterocycles. The van der Waals surface area contributed by atoms with E-state index in [9.17, 15) is 23.3 Å². The first-order valence-corrected chi connectivity index (χ1v) is 11.7. The fourth-order valence-corrected chi connectivity index (χ4v) is 4.77. The molecule has 1 aromatic heterocycles. The predicted octanol–water partition coefficient (Wildman–Crippen LogP) is 3.33. The van der Waals surface area contributed by atoms with Gasteiger partial charge in [-0.1, -0.05) is 35.9 Å². The summed E-state index contributed by atoms with van der Waals surface area (Å²) in [7, 11) is -4.07. The van der Waals surface area contributed by atoms with Crippen LogP contribution >= 0.6 is 11.6 Å². The Balaban J connectivity index is 1.67. The average Bonchev–Trinajstić information content (AvgIpc) is 3.16. The van der Waals surface area contributed by atoms with Crippen molar-refractivity contribution in [1.29, 1.82) is 5.26 Å². The molecule has 1 aliphatic heterocycles. The summed E-state index contributed by atoms with van der Waals surface area (Å²) in [6.45, 7) is 0. The molecule has 1 N–H and O–H groups in total. The molecule has 0 radical (unpaired) electrons. The van der Waals surface area contributed by atoms with Gasteiger partial charge in [0.2, 0.25) is 21.8 Å². The van der Waals surface area contributed by atoms with Crippen LogP contribution in [0.1, 0.15) is 35.6 Å². The van der Waals surface area contributed by atoms with Gasteiger partial charge >= 0.3 is 0 Å². The number of carbonyl (C=O) groups excluding carboxylic acids is 2. The summed E-state index contributed by atoms with van der Waals surface area (Å²) in [5.41, 5.74) is 1.57. The molecule has 0 aliphatic carbocycles. The van der Waals surface area contributed by atoms with Gasteiger partial charge in [0.15, 0.2) is 0 Å². The number of hydrogen-bond donors (Lipinski definition) is 1. The lowest BCUT2D eigenvalue weighted by atomic mass is 9.98. The van der Waals surface area contributed by atoms with E-state index in [0.29, 0.717) is 21.7 Å². The minimum atomic E-state index is -4.07. The molecule has 3 aromatic rings. The van der Waals surface area contributed by atoms with E-state index in [1.54, 1.807) is 48.5 Å². The second-order valence-corrected chi connectivity index (χ2v) is 9.47. The maximum absolute atomic E-state index is 13.2. The van der Waals surface area contributed by atoms with Gasteiger partial charge in [0.1, 0.15) is 10.7 Å². The monoisotopic (exact) mass is 480 g/mol. The van der Waals surface area contributed by atoms with Crippen molar-refractivity contribution in [3.63, 3.8) is 0 Å². The molecule has 0 saturated carbocycles. The maximum Gasteiger partial charge on any atom is 0.242 e. The summed E-state index contributed by atoms with van der Waals surface area (Å²) in [4.78, 5) is 28.6. The molecular weight excluding hydrogens is 464 g/mol. The second-order valence-electron chi connectivity index (χ2n) is 7.32. The van der Waals surface area contributed by atoms with Gasteiger partial charge in [-0.15, -0.1) is 0 Å². The number of nitrogens with one attached hydrogen (secondary N) is 1. The molecule has 166 valence electrons. The molecule has 33 heavy (non-hydrogen) atoms. The minimum absolute atomic E-state index is 0.0809. The number of imide groups is 1. The highest BCUT2D eigenvalue weighted by Gasteiger charge is 2.31. The van der Waals surface area contributed by atoms with Crippen molar-refractivity contribution in [2.45, 2.75) is 23.8 Å². The van der Waals surface area contributed by atoms with Crippen molar-refractivity contribution in [2.24, 2.45) is 0 Å². The summed E-state index contributed by atoms with van der Waals surface area (Å²) in [6.07, 6.45) is 1.31. The van der Waals surface area contributed by atoms with Crippen LogP contribution in [0.4, 0.5) is 5.82 Å². The molecule has 10 heteroatoms. The highest BCUT2D eigenvalue weighted by molar-refractivity contribution is 7.89. The Morgan fingerprint density at radius 2 is 1.70 bits per heavy atom. The smallest absolute Gasteiger partial charge is 0.242 e. The maximum atomic E-state index is 13.2. The predicted molar refractivity (Wildman–Crippen MR) is 121 cm³/mol. The molecule has 1 aliphatic rings. The Kier molecular flexibility index (Phi) is 6.24. The van der Waals surface area contributed by atoms with Crippen molar-refractivity contribution >= 4 is 39.3 Å². The summed E-state index contributed by atoms with van der Waals surface area (Å²) >= 11 is 5.99. The van der Waals surface area contributed by atoms with Gasteiger partial charge in [0.25, 0.3) is 0 Å². The van der Waals surface area contributed by atoms with Crippen LogP contribution in [0.5, 0.6) is 0 Å². The van der Waals surface area contributed by atoms with Crippen LogP contribution in [0.2, 0.25) is 5.02 Å². The number of nitrogens with zero attached hydrogens (tertiary/aromatic N) is 3. The zero-order valence-corrected chi connectivity index (χ0v) is 18.7. The van der Waals surface area contributed by atoms with Gasteiger partial charge in [-0.25, -0.2) is 18.3 Å². The van der Waals surface area contributed by atoms with E-state index in [1.165, 1.54) is 12.1 Å². The van der Waals surface area contributed by atoms with E-state index in [2.05, 4.69) is 9.71 Å². The SMILES string of the molecule is N#Cc1cccc(C(NS(=O)(=O)c2ccc(N3C(=O)CCC3=O)nc2)c2ccc(Cl)cc2)c1. The van der Waals surface area contributed by atoms with Crippen LogP contribution in [0, 0.1) is 11.3 Å². The lowest BCUT2D eigenvalue weighted by molar-refractivity contribution is -0.121. The number of amides is 2. The number of nitriles is 1. The normalized spacial score (nSPS) is 14.8. The molecule has 8 nitrogen and oxygen atoms in total. The van der Waals surface area contributed by atoms with E-state index in [-0.39, 0.29) is 35.4 Å². The van der Waals surface area contributed by atoms with E-state index in [1.807, 2.05) is 6.07 Å². The van der Waals surface area contributed by atoms with Gasteiger partial charge < -0.3 is 0 Å². The number of aromatic nitrogens is 1. The summed E-state index contributed by atoms with van der Waals surface area (Å²) in [6, 6.07) is 17.2. The minimum Gasteiger partial charge on any atom is -0.274 e.